The van der Waals surface area contributed by atoms with Gasteiger partial charge in [0.25, 0.3) is 17.4 Å². The number of amides is 2. The molecule has 1 aliphatic rings. The third-order valence-electron chi connectivity index (χ3n) is 7.02. The number of H-pyrrole nitrogens is 2. The average Bonchev–Trinajstić information content (AvgIpc) is 3.44. The minimum atomic E-state index is -0.865. The van der Waals surface area contributed by atoms with Crippen molar-refractivity contribution < 1.29 is 14.7 Å². The molecule has 4 N–H and O–H groups in total. The van der Waals surface area contributed by atoms with E-state index in [-0.39, 0.29) is 29.7 Å². The fourth-order valence-corrected chi connectivity index (χ4v) is 4.99. The summed E-state index contributed by atoms with van der Waals surface area (Å²) in [4.78, 5) is 52.8. The first-order valence-electron chi connectivity index (χ1n) is 12.8. The van der Waals surface area contributed by atoms with Gasteiger partial charge in [0, 0.05) is 30.9 Å². The number of aliphatic hydroxyl groups is 1. The highest BCUT2D eigenvalue weighted by Gasteiger charge is 2.36. The fourth-order valence-electron chi connectivity index (χ4n) is 4.80. The summed E-state index contributed by atoms with van der Waals surface area (Å²) in [7, 11) is 0. The monoisotopic (exact) mass is 548 g/mol. The number of aromatic amines is 2. The molecular weight excluding hydrogens is 520 g/mol. The van der Waals surface area contributed by atoms with Gasteiger partial charge in [-0.1, -0.05) is 37.6 Å². The first kappa shape index (κ1) is 26.6. The SMILES string of the molecule is CCN(CC)CCN1C(=O)c2cc3nc(-c4c(NC[C@@H](O)c5cccc(Cl)c5)cc[nH]c4=O)[nH]c3cc2C1=O. The largest absolute Gasteiger partial charge is 0.387 e. The average molecular weight is 549 g/mol. The molecule has 0 saturated carbocycles. The van der Waals surface area contributed by atoms with Gasteiger partial charge in [0.2, 0.25) is 0 Å². The highest BCUT2D eigenvalue weighted by Crippen LogP contribution is 2.30. The summed E-state index contributed by atoms with van der Waals surface area (Å²) < 4.78 is 0. The molecule has 0 unspecified atom stereocenters. The number of benzene rings is 2. The molecule has 0 bridgehead atoms. The molecule has 2 aromatic heterocycles. The van der Waals surface area contributed by atoms with Crippen LogP contribution in [0.25, 0.3) is 22.4 Å². The number of imidazole rings is 1. The van der Waals surface area contributed by atoms with E-state index in [0.29, 0.717) is 51.5 Å². The normalized spacial score (nSPS) is 13.9. The molecule has 1 atom stereocenters. The van der Waals surface area contributed by atoms with Crippen molar-refractivity contribution in [2.24, 2.45) is 0 Å². The van der Waals surface area contributed by atoms with Gasteiger partial charge in [0.05, 0.1) is 34.0 Å². The van der Waals surface area contributed by atoms with Crippen molar-refractivity contribution in [3.63, 3.8) is 0 Å². The van der Waals surface area contributed by atoms with Gasteiger partial charge >= 0.3 is 0 Å². The highest BCUT2D eigenvalue weighted by molar-refractivity contribution is 6.30. The number of fused-ring (bicyclic) bond motifs is 2. The third kappa shape index (κ3) is 5.18. The van der Waals surface area contributed by atoms with Crippen molar-refractivity contribution in [2.75, 3.05) is 38.0 Å². The summed E-state index contributed by atoms with van der Waals surface area (Å²) >= 11 is 6.04. The van der Waals surface area contributed by atoms with Crippen molar-refractivity contribution in [2.45, 2.75) is 20.0 Å². The molecule has 2 aromatic carbocycles. The summed E-state index contributed by atoms with van der Waals surface area (Å²) in [5.41, 5.74) is 2.56. The van der Waals surface area contributed by atoms with Crippen LogP contribution in [0.3, 0.4) is 0 Å². The number of rotatable bonds is 10. The zero-order valence-corrected chi connectivity index (χ0v) is 22.4. The number of nitrogens with zero attached hydrogens (tertiary/aromatic N) is 3. The lowest BCUT2D eigenvalue weighted by molar-refractivity contribution is 0.0638. The maximum Gasteiger partial charge on any atom is 0.261 e. The predicted octanol–water partition coefficient (Wildman–Crippen LogP) is 3.65. The van der Waals surface area contributed by atoms with Gasteiger partial charge in [0.1, 0.15) is 11.4 Å². The molecule has 39 heavy (non-hydrogen) atoms. The number of hydrogen-bond acceptors (Lipinski definition) is 7. The van der Waals surface area contributed by atoms with E-state index in [1.807, 2.05) is 13.8 Å². The lowest BCUT2D eigenvalue weighted by Crippen LogP contribution is -2.38. The van der Waals surface area contributed by atoms with E-state index < -0.39 is 11.7 Å². The van der Waals surface area contributed by atoms with Crippen LogP contribution in [0.15, 0.2) is 53.5 Å². The number of carbonyl (C=O) groups excluding carboxylic acids is 2. The second-order valence-corrected chi connectivity index (χ2v) is 9.77. The number of likely N-dealkylation sites (N-methyl/N-ethyl adjacent to an activating group) is 1. The Hall–Kier alpha value is -3.99. The topological polar surface area (TPSA) is 134 Å². The van der Waals surface area contributed by atoms with E-state index in [2.05, 4.69) is 25.2 Å². The van der Waals surface area contributed by atoms with Gasteiger partial charge in [-0.05, 0) is 49.0 Å². The number of nitrogens with one attached hydrogen (secondary N) is 3. The standard InChI is InChI=1S/C28H29ClN6O4/c1-3-34(4-2)10-11-35-27(38)18-13-21-22(14-19(18)28(35)39)33-25(32-21)24-20(8-9-30-26(24)37)31-15-23(36)16-6-5-7-17(29)12-16/h5-9,12-14,23,36H,3-4,10-11,15H2,1-2H3,(H,32,33)(H2,30,31,37)/t23-/m1/s1. The van der Waals surface area contributed by atoms with E-state index >= 15 is 0 Å². The zero-order valence-electron chi connectivity index (χ0n) is 21.6. The Balaban J connectivity index is 1.41. The van der Waals surface area contributed by atoms with E-state index in [1.54, 1.807) is 42.5 Å². The Labute approximate surface area is 229 Å². The van der Waals surface area contributed by atoms with Crippen LogP contribution < -0.4 is 10.9 Å². The second-order valence-electron chi connectivity index (χ2n) is 9.34. The quantitative estimate of drug-likeness (QED) is 0.222. The van der Waals surface area contributed by atoms with Gasteiger partial charge in [-0.2, -0.15) is 0 Å². The van der Waals surface area contributed by atoms with E-state index in [4.69, 9.17) is 11.6 Å². The first-order chi connectivity index (χ1) is 18.8. The van der Waals surface area contributed by atoms with Crippen LogP contribution in [0, 0.1) is 0 Å². The summed E-state index contributed by atoms with van der Waals surface area (Å²) in [6, 6.07) is 11.8. The number of pyridine rings is 1. The van der Waals surface area contributed by atoms with Gasteiger partial charge in [-0.3, -0.25) is 19.3 Å². The Morgan fingerprint density at radius 1 is 1.08 bits per heavy atom. The molecule has 1 aliphatic heterocycles. The van der Waals surface area contributed by atoms with Crippen molar-refractivity contribution in [1.82, 2.24) is 24.8 Å². The van der Waals surface area contributed by atoms with E-state index in [9.17, 15) is 19.5 Å². The number of hydrogen-bond donors (Lipinski definition) is 4. The minimum Gasteiger partial charge on any atom is -0.387 e. The van der Waals surface area contributed by atoms with Gasteiger partial charge in [-0.15, -0.1) is 0 Å². The Kier molecular flexibility index (Phi) is 7.51. The van der Waals surface area contributed by atoms with Crippen LogP contribution in [-0.2, 0) is 0 Å². The molecule has 2 amide bonds. The van der Waals surface area contributed by atoms with E-state index in [1.165, 1.54) is 11.1 Å². The molecule has 202 valence electrons. The predicted molar refractivity (Wildman–Crippen MR) is 150 cm³/mol. The second kappa shape index (κ2) is 11.0. The van der Waals surface area contributed by atoms with Gasteiger partial charge < -0.3 is 25.3 Å². The third-order valence-corrected chi connectivity index (χ3v) is 7.26. The molecule has 10 nitrogen and oxygen atoms in total. The molecule has 0 fully saturated rings. The number of aromatic nitrogens is 3. The molecule has 0 aliphatic carbocycles. The van der Waals surface area contributed by atoms with E-state index in [0.717, 1.165) is 13.1 Å². The number of halogens is 1. The molecule has 4 aromatic rings. The minimum absolute atomic E-state index is 0.123. The molecular formula is C28H29ClN6O4. The highest BCUT2D eigenvalue weighted by atomic mass is 35.5. The number of anilines is 1. The van der Waals surface area contributed by atoms with Crippen LogP contribution in [0.5, 0.6) is 0 Å². The Morgan fingerprint density at radius 3 is 2.54 bits per heavy atom. The maximum absolute atomic E-state index is 13.1. The van der Waals surface area contributed by atoms with Crippen LogP contribution >= 0.6 is 11.6 Å². The summed E-state index contributed by atoms with van der Waals surface area (Å²) in [5, 5.41) is 14.2. The van der Waals surface area contributed by atoms with Gasteiger partial charge in [-0.25, -0.2) is 4.98 Å². The van der Waals surface area contributed by atoms with Crippen LogP contribution in [-0.4, -0.2) is 74.4 Å². The number of aliphatic hydroxyl groups excluding tert-OH is 1. The summed E-state index contributed by atoms with van der Waals surface area (Å²) in [6.07, 6.45) is 0.637. The Bertz CT molecular complexity index is 1560. The lowest BCUT2D eigenvalue weighted by Gasteiger charge is -2.21. The van der Waals surface area contributed by atoms with Crippen molar-refractivity contribution in [1.29, 1.82) is 0 Å². The van der Waals surface area contributed by atoms with Crippen molar-refractivity contribution in [3.8, 4) is 11.4 Å². The molecule has 3 heterocycles. The van der Waals surface area contributed by atoms with Crippen LogP contribution in [0.2, 0.25) is 5.02 Å². The molecule has 0 saturated heterocycles. The number of carbonyl (C=O) groups is 2. The fraction of sp³-hybridized carbons (Fsp3) is 0.286. The van der Waals surface area contributed by atoms with Crippen molar-refractivity contribution >= 4 is 40.1 Å². The molecule has 11 heteroatoms. The summed E-state index contributed by atoms with van der Waals surface area (Å²) in [5.74, 6) is -0.410. The maximum atomic E-state index is 13.1. The zero-order chi connectivity index (χ0) is 27.7. The molecule has 5 rings (SSSR count). The Morgan fingerprint density at radius 2 is 1.82 bits per heavy atom. The van der Waals surface area contributed by atoms with Crippen molar-refractivity contribution in [3.05, 3.63) is 80.7 Å². The summed E-state index contributed by atoms with van der Waals surface area (Å²) in [6.45, 7) is 6.80. The van der Waals surface area contributed by atoms with Crippen LogP contribution in [0.1, 0.15) is 46.2 Å². The smallest absolute Gasteiger partial charge is 0.261 e. The molecule has 0 radical (unpaired) electrons. The van der Waals surface area contributed by atoms with Gasteiger partial charge in [0.15, 0.2) is 0 Å². The molecule has 0 spiro atoms. The first-order valence-corrected chi connectivity index (χ1v) is 13.2. The lowest BCUT2D eigenvalue weighted by atomic mass is 10.1. The van der Waals surface area contributed by atoms with Crippen LogP contribution in [0.4, 0.5) is 5.69 Å². The number of imide groups is 1.